The molecule has 0 saturated heterocycles. The molecule has 1 aliphatic carbocycles. The van der Waals surface area contributed by atoms with E-state index >= 15 is 0 Å². The summed E-state index contributed by atoms with van der Waals surface area (Å²) < 4.78 is 2.10. The Morgan fingerprint density at radius 2 is 1.76 bits per heavy atom. The number of thiazole rings is 1. The van der Waals surface area contributed by atoms with Crippen LogP contribution in [-0.4, -0.2) is 40.4 Å². The van der Waals surface area contributed by atoms with E-state index in [1.165, 1.54) is 29.9 Å². The zero-order chi connectivity index (χ0) is 28.5. The van der Waals surface area contributed by atoms with Gasteiger partial charge in [-0.1, -0.05) is 6.07 Å². The molecule has 41 heavy (non-hydrogen) atoms. The first kappa shape index (κ1) is 26.2. The molecule has 4 N–H and O–H groups in total. The van der Waals surface area contributed by atoms with E-state index in [0.717, 1.165) is 56.7 Å². The topological polar surface area (TPSA) is 151 Å². The fourth-order valence-corrected chi connectivity index (χ4v) is 5.66. The molecular weight excluding hydrogens is 534 g/mol. The number of aromatic nitrogens is 7. The van der Waals surface area contributed by atoms with Crippen molar-refractivity contribution < 1.29 is 4.79 Å². The van der Waals surface area contributed by atoms with E-state index in [2.05, 4.69) is 49.6 Å². The highest BCUT2D eigenvalue weighted by molar-refractivity contribution is 7.14. The Labute approximate surface area is 240 Å². The van der Waals surface area contributed by atoms with Crippen molar-refractivity contribution in [2.45, 2.75) is 33.1 Å². The molecule has 1 amide bonds. The lowest BCUT2D eigenvalue weighted by atomic mass is 10.1. The highest BCUT2D eigenvalue weighted by atomic mass is 32.1. The van der Waals surface area contributed by atoms with Gasteiger partial charge in [-0.15, -0.1) is 11.3 Å². The summed E-state index contributed by atoms with van der Waals surface area (Å²) in [6.07, 6.45) is 9.99. The second kappa shape index (κ2) is 10.9. The highest BCUT2D eigenvalue weighted by Crippen LogP contribution is 2.34. The number of nitrogen functional groups attached to an aromatic ring is 1. The quantitative estimate of drug-likeness (QED) is 0.309. The third-order valence-corrected chi connectivity index (χ3v) is 7.81. The van der Waals surface area contributed by atoms with Crippen LogP contribution in [0.1, 0.15) is 38.6 Å². The molecule has 0 atom stereocenters. The molecule has 0 radical (unpaired) electrons. The number of amides is 1. The molecule has 204 valence electrons. The summed E-state index contributed by atoms with van der Waals surface area (Å²) in [5.41, 5.74) is 19.1. The zero-order valence-electron chi connectivity index (χ0n) is 22.6. The fraction of sp³-hybridized carbons (Fsp3) is 0.167. The minimum atomic E-state index is -0.536. The zero-order valence-corrected chi connectivity index (χ0v) is 23.4. The summed E-state index contributed by atoms with van der Waals surface area (Å²) in [6.45, 7) is 3.74. The van der Waals surface area contributed by atoms with Crippen LogP contribution >= 0.6 is 11.3 Å². The molecule has 5 heterocycles. The van der Waals surface area contributed by atoms with E-state index in [0.29, 0.717) is 11.5 Å². The van der Waals surface area contributed by atoms with Crippen LogP contribution < -0.4 is 11.5 Å². The van der Waals surface area contributed by atoms with Crippen molar-refractivity contribution in [2.24, 2.45) is 5.73 Å². The molecule has 5 aromatic heterocycles. The molecule has 7 rings (SSSR count). The molecule has 0 aliphatic heterocycles. The number of carbonyl (C=O) groups is 1. The van der Waals surface area contributed by atoms with Gasteiger partial charge in [-0.05, 0) is 80.6 Å². The number of hydrogen-bond donors (Lipinski definition) is 2. The molecule has 0 fully saturated rings. The van der Waals surface area contributed by atoms with Crippen molar-refractivity contribution in [1.82, 2.24) is 34.5 Å². The van der Waals surface area contributed by atoms with Crippen molar-refractivity contribution in [3.05, 3.63) is 94.6 Å². The average molecular weight is 562 g/mol. The minimum absolute atomic E-state index is 0.238. The van der Waals surface area contributed by atoms with Crippen LogP contribution in [0.3, 0.4) is 0 Å². The smallest absolute Gasteiger partial charge is 0.269 e. The van der Waals surface area contributed by atoms with E-state index < -0.39 is 5.91 Å². The lowest BCUT2D eigenvalue weighted by molar-refractivity contribution is 0.0994. The van der Waals surface area contributed by atoms with Gasteiger partial charge in [0.1, 0.15) is 27.7 Å². The van der Waals surface area contributed by atoms with E-state index in [1.54, 1.807) is 24.5 Å². The van der Waals surface area contributed by atoms with E-state index in [9.17, 15) is 4.79 Å². The average Bonchev–Trinajstić information content (AvgIpc) is 3.71. The molecule has 0 unspecified atom stereocenters. The summed E-state index contributed by atoms with van der Waals surface area (Å²) in [6, 6.07) is 14.5. The van der Waals surface area contributed by atoms with E-state index in [1.807, 2.05) is 30.5 Å². The third kappa shape index (κ3) is 5.14. The summed E-state index contributed by atoms with van der Waals surface area (Å²) in [5.74, 6) is 0.667. The van der Waals surface area contributed by atoms with Crippen molar-refractivity contribution in [1.29, 1.82) is 0 Å². The van der Waals surface area contributed by atoms with Gasteiger partial charge in [0.15, 0.2) is 11.5 Å². The van der Waals surface area contributed by atoms with Gasteiger partial charge in [0, 0.05) is 35.4 Å². The minimum Gasteiger partial charge on any atom is -0.383 e. The Morgan fingerprint density at radius 3 is 2.49 bits per heavy atom. The summed E-state index contributed by atoms with van der Waals surface area (Å²) in [4.78, 5) is 38.0. The number of anilines is 1. The van der Waals surface area contributed by atoms with Gasteiger partial charge in [0.05, 0.1) is 11.3 Å². The largest absolute Gasteiger partial charge is 0.383 e. The van der Waals surface area contributed by atoms with E-state index in [-0.39, 0.29) is 5.69 Å². The number of fused-ring (bicyclic) bond motifs is 2. The second-order valence-corrected chi connectivity index (χ2v) is 10.9. The van der Waals surface area contributed by atoms with Gasteiger partial charge in [-0.25, -0.2) is 24.9 Å². The monoisotopic (exact) mass is 561 g/mol. The Kier molecular flexibility index (Phi) is 6.94. The molecule has 1 aliphatic rings. The van der Waals surface area contributed by atoms with Crippen molar-refractivity contribution in [3.63, 3.8) is 0 Å². The molecule has 10 nitrogen and oxygen atoms in total. The number of nitrogens with zero attached hydrogens (tertiary/aromatic N) is 7. The molecule has 1 aromatic carbocycles. The van der Waals surface area contributed by atoms with Crippen molar-refractivity contribution >= 4 is 34.2 Å². The second-order valence-electron chi connectivity index (χ2n) is 9.68. The predicted molar refractivity (Wildman–Crippen MR) is 160 cm³/mol. The number of nitrogens with two attached hydrogens (primary N) is 2. The molecule has 6 aromatic rings. The summed E-state index contributed by atoms with van der Waals surface area (Å²) in [7, 11) is 0. The van der Waals surface area contributed by atoms with Crippen LogP contribution in [0.15, 0.2) is 67.3 Å². The number of carbonyl (C=O) groups excluding carboxylic acids is 1. The first-order chi connectivity index (χ1) is 19.9. The molecule has 0 bridgehead atoms. The Hall–Kier alpha value is -5.03. The predicted octanol–water partition coefficient (Wildman–Crippen LogP) is 4.87. The lowest BCUT2D eigenvalue weighted by Gasteiger charge is -2.12. The molecular formula is C30H27N9OS. The van der Waals surface area contributed by atoms with Gasteiger partial charge in [-0.3, -0.25) is 14.3 Å². The van der Waals surface area contributed by atoms with Crippen LogP contribution in [0, 0.1) is 13.8 Å². The maximum Gasteiger partial charge on any atom is 0.269 e. The Bertz CT molecular complexity index is 1910. The van der Waals surface area contributed by atoms with Gasteiger partial charge in [0.2, 0.25) is 0 Å². The molecule has 11 heteroatoms. The SMILES string of the molecule is Cc1cnc(-c2ccc3nc(-c4cccnc4N)n(-c4ccc5c(c4)CCC5)c3n2)s1.Cc1nccnc1C(N)=O. The van der Waals surface area contributed by atoms with Crippen LogP contribution in [0.5, 0.6) is 0 Å². The number of pyridine rings is 2. The first-order valence-corrected chi connectivity index (χ1v) is 13.9. The summed E-state index contributed by atoms with van der Waals surface area (Å²) >= 11 is 1.64. The van der Waals surface area contributed by atoms with Crippen LogP contribution in [0.2, 0.25) is 0 Å². The van der Waals surface area contributed by atoms with Crippen LogP contribution in [-0.2, 0) is 12.8 Å². The van der Waals surface area contributed by atoms with Crippen LogP contribution in [0.4, 0.5) is 5.82 Å². The number of hydrogen-bond acceptors (Lipinski definition) is 9. The standard InChI is InChI=1S/C24H20N6S.C6H7N3O/c1-14-13-27-24(31-14)20-10-9-19-23(29-20)30(17-8-7-15-4-2-5-16(15)12-17)22(28-19)18-6-3-11-26-21(18)25;1-4-5(6(7)10)9-3-2-8-4/h3,6-13H,2,4-5H2,1H3,(H2,25,26);2-3H,1H3,(H2,7,10). The maximum atomic E-state index is 10.5. The molecule has 0 spiro atoms. The van der Waals surface area contributed by atoms with Gasteiger partial charge in [0.25, 0.3) is 5.91 Å². The van der Waals surface area contributed by atoms with Crippen LogP contribution in [0.25, 0.3) is 38.9 Å². The Morgan fingerprint density at radius 1 is 0.927 bits per heavy atom. The number of benzene rings is 1. The van der Waals surface area contributed by atoms with Crippen molar-refractivity contribution in [3.8, 4) is 27.8 Å². The van der Waals surface area contributed by atoms with Crippen molar-refractivity contribution in [2.75, 3.05) is 5.73 Å². The van der Waals surface area contributed by atoms with Gasteiger partial charge < -0.3 is 11.5 Å². The number of imidazole rings is 1. The molecule has 0 saturated carbocycles. The normalized spacial score (nSPS) is 12.1. The maximum absolute atomic E-state index is 10.5. The van der Waals surface area contributed by atoms with Gasteiger partial charge >= 0.3 is 0 Å². The van der Waals surface area contributed by atoms with Gasteiger partial charge in [-0.2, -0.15) is 0 Å². The van der Waals surface area contributed by atoms with E-state index in [4.69, 9.17) is 21.4 Å². The Balaban J connectivity index is 0.000000258. The summed E-state index contributed by atoms with van der Waals surface area (Å²) in [5, 5.41) is 0.906. The lowest BCUT2D eigenvalue weighted by Crippen LogP contribution is -2.15. The number of primary amides is 1. The highest BCUT2D eigenvalue weighted by Gasteiger charge is 2.20. The fourth-order valence-electron chi connectivity index (χ4n) is 4.93. The third-order valence-electron chi connectivity index (χ3n) is 6.88. The first-order valence-electron chi connectivity index (χ1n) is 13.1. The number of aryl methyl sites for hydroxylation is 4. The number of rotatable bonds is 4.